The van der Waals surface area contributed by atoms with Gasteiger partial charge in [-0.15, -0.1) is 0 Å². The van der Waals surface area contributed by atoms with Crippen molar-refractivity contribution in [2.45, 2.75) is 18.8 Å². The van der Waals surface area contributed by atoms with Gasteiger partial charge in [0.25, 0.3) is 0 Å². The topological polar surface area (TPSA) is 41.1 Å². The Morgan fingerprint density at radius 3 is 2.17 bits per heavy atom. The van der Waals surface area contributed by atoms with E-state index in [2.05, 4.69) is 5.32 Å². The molecule has 1 unspecified atom stereocenters. The summed E-state index contributed by atoms with van der Waals surface area (Å²) in [7, 11) is 0. The van der Waals surface area contributed by atoms with Crippen molar-refractivity contribution in [2.24, 2.45) is 11.8 Å². The highest BCUT2D eigenvalue weighted by molar-refractivity contribution is 5.80. The van der Waals surface area contributed by atoms with E-state index in [0.717, 1.165) is 0 Å². The maximum absolute atomic E-state index is 12.2. The van der Waals surface area contributed by atoms with Gasteiger partial charge in [-0.3, -0.25) is 4.79 Å². The predicted octanol–water partition coefficient (Wildman–Crippen LogP) is 1.45. The molecule has 1 aliphatic rings. The van der Waals surface area contributed by atoms with Crippen LogP contribution >= 0.6 is 0 Å². The molecular formula is C9H12F6N2O. The van der Waals surface area contributed by atoms with Crippen LogP contribution in [0.3, 0.4) is 0 Å². The van der Waals surface area contributed by atoms with Crippen molar-refractivity contribution < 1.29 is 31.1 Å². The van der Waals surface area contributed by atoms with E-state index in [1.165, 1.54) is 0 Å². The van der Waals surface area contributed by atoms with Gasteiger partial charge in [-0.25, -0.2) is 0 Å². The van der Waals surface area contributed by atoms with Crippen molar-refractivity contribution in [2.75, 3.05) is 19.6 Å². The number of hydrogen-bond acceptors (Lipinski definition) is 2. The number of nitrogens with one attached hydrogen (secondary N) is 2. The van der Waals surface area contributed by atoms with Crippen LogP contribution in [0.4, 0.5) is 26.3 Å². The van der Waals surface area contributed by atoms with Crippen LogP contribution in [-0.2, 0) is 4.79 Å². The lowest BCUT2D eigenvalue weighted by Gasteiger charge is -2.22. The highest BCUT2D eigenvalue weighted by Gasteiger charge is 2.61. The van der Waals surface area contributed by atoms with Gasteiger partial charge >= 0.3 is 12.4 Å². The third-order valence-corrected chi connectivity index (χ3v) is 2.64. The minimum absolute atomic E-state index is 0.129. The van der Waals surface area contributed by atoms with Gasteiger partial charge < -0.3 is 10.6 Å². The molecule has 9 heteroatoms. The second-order valence-electron chi connectivity index (χ2n) is 4.12. The predicted molar refractivity (Wildman–Crippen MR) is 49.6 cm³/mol. The van der Waals surface area contributed by atoms with E-state index >= 15 is 0 Å². The minimum Gasteiger partial charge on any atom is -0.355 e. The number of halogens is 6. The van der Waals surface area contributed by atoms with Crippen LogP contribution in [0, 0.1) is 11.8 Å². The van der Waals surface area contributed by atoms with E-state index in [4.69, 9.17) is 0 Å². The van der Waals surface area contributed by atoms with Gasteiger partial charge in [0.2, 0.25) is 11.8 Å². The zero-order chi connectivity index (χ0) is 14.0. The molecule has 0 spiro atoms. The first-order valence-electron chi connectivity index (χ1n) is 5.24. The Balaban J connectivity index is 2.60. The molecule has 0 aliphatic carbocycles. The average Bonchev–Trinajstić information content (AvgIpc) is 2.61. The fourth-order valence-corrected chi connectivity index (χ4v) is 1.72. The summed E-state index contributed by atoms with van der Waals surface area (Å²) in [6.45, 7) is 0.931. The summed E-state index contributed by atoms with van der Waals surface area (Å²) in [5, 5.41) is 4.61. The number of amides is 1. The van der Waals surface area contributed by atoms with Crippen molar-refractivity contribution in [1.29, 1.82) is 0 Å². The first-order valence-corrected chi connectivity index (χ1v) is 5.24. The molecule has 1 rings (SSSR count). The van der Waals surface area contributed by atoms with Crippen LogP contribution in [0.1, 0.15) is 6.42 Å². The first kappa shape index (κ1) is 15.1. The molecule has 1 heterocycles. The lowest BCUT2D eigenvalue weighted by atomic mass is 10.1. The Bertz CT molecular complexity index is 280. The van der Waals surface area contributed by atoms with Crippen LogP contribution in [0.15, 0.2) is 0 Å². The van der Waals surface area contributed by atoms with Crippen molar-refractivity contribution in [3.8, 4) is 0 Å². The summed E-state index contributed by atoms with van der Waals surface area (Å²) in [6.07, 6.45) is -10.6. The van der Waals surface area contributed by atoms with Gasteiger partial charge in [-0.1, -0.05) is 0 Å². The molecule has 1 atom stereocenters. The average molecular weight is 278 g/mol. The van der Waals surface area contributed by atoms with E-state index in [1.807, 2.05) is 0 Å². The first-order chi connectivity index (χ1) is 8.12. The SMILES string of the molecule is O=C(NCC1CCNC1)C(C(F)(F)F)C(F)(F)F. The molecule has 0 aromatic carbocycles. The Hall–Kier alpha value is -0.990. The Morgan fingerprint density at radius 2 is 1.78 bits per heavy atom. The van der Waals surface area contributed by atoms with Crippen molar-refractivity contribution >= 4 is 5.91 Å². The standard InChI is InChI=1S/C9H12F6N2O/c10-8(11,12)6(9(13,14)15)7(18)17-4-5-1-2-16-3-5/h5-6,16H,1-4H2,(H,17,18). The number of carbonyl (C=O) groups is 1. The van der Waals surface area contributed by atoms with Gasteiger partial charge in [0.1, 0.15) is 0 Å². The summed E-state index contributed by atoms with van der Waals surface area (Å²) in [5.41, 5.74) is 0. The van der Waals surface area contributed by atoms with E-state index in [0.29, 0.717) is 19.5 Å². The molecule has 1 aliphatic heterocycles. The Kier molecular flexibility index (Phi) is 4.46. The lowest BCUT2D eigenvalue weighted by molar-refractivity contribution is -0.274. The second kappa shape index (κ2) is 5.33. The van der Waals surface area contributed by atoms with E-state index in [1.54, 1.807) is 5.32 Å². The summed E-state index contributed by atoms with van der Waals surface area (Å²) >= 11 is 0. The summed E-state index contributed by atoms with van der Waals surface area (Å²) in [5.74, 6) is -6.13. The van der Waals surface area contributed by atoms with Crippen LogP contribution in [0.2, 0.25) is 0 Å². The molecule has 18 heavy (non-hydrogen) atoms. The maximum atomic E-state index is 12.2. The number of carbonyl (C=O) groups excluding carboxylic acids is 1. The second-order valence-corrected chi connectivity index (χ2v) is 4.12. The molecule has 0 aromatic rings. The lowest BCUT2D eigenvalue weighted by Crippen LogP contribution is -2.48. The molecule has 3 nitrogen and oxygen atoms in total. The third kappa shape index (κ3) is 4.04. The molecule has 1 fully saturated rings. The fraction of sp³-hybridized carbons (Fsp3) is 0.889. The molecule has 1 saturated heterocycles. The molecule has 2 N–H and O–H groups in total. The third-order valence-electron chi connectivity index (χ3n) is 2.64. The Morgan fingerprint density at radius 1 is 1.22 bits per heavy atom. The molecule has 106 valence electrons. The van der Waals surface area contributed by atoms with Crippen LogP contribution in [-0.4, -0.2) is 37.9 Å². The molecule has 1 amide bonds. The summed E-state index contributed by atoms with van der Waals surface area (Å²) < 4.78 is 73.0. The van der Waals surface area contributed by atoms with Gasteiger partial charge in [0, 0.05) is 6.54 Å². The maximum Gasteiger partial charge on any atom is 0.409 e. The number of rotatable bonds is 3. The van der Waals surface area contributed by atoms with Crippen LogP contribution < -0.4 is 10.6 Å². The minimum atomic E-state index is -5.63. The van der Waals surface area contributed by atoms with Gasteiger partial charge in [0.05, 0.1) is 0 Å². The monoisotopic (exact) mass is 278 g/mol. The van der Waals surface area contributed by atoms with Gasteiger partial charge in [-0.2, -0.15) is 26.3 Å². The van der Waals surface area contributed by atoms with Crippen molar-refractivity contribution in [3.05, 3.63) is 0 Å². The van der Waals surface area contributed by atoms with Crippen LogP contribution in [0.5, 0.6) is 0 Å². The van der Waals surface area contributed by atoms with E-state index in [9.17, 15) is 31.1 Å². The number of alkyl halides is 6. The quantitative estimate of drug-likeness (QED) is 0.767. The number of hydrogen-bond donors (Lipinski definition) is 2. The van der Waals surface area contributed by atoms with Crippen LogP contribution in [0.25, 0.3) is 0 Å². The van der Waals surface area contributed by atoms with E-state index < -0.39 is 24.2 Å². The molecule has 0 saturated carbocycles. The summed E-state index contributed by atoms with van der Waals surface area (Å²) in [4.78, 5) is 11.0. The zero-order valence-electron chi connectivity index (χ0n) is 9.16. The largest absolute Gasteiger partial charge is 0.409 e. The van der Waals surface area contributed by atoms with E-state index in [-0.39, 0.29) is 12.5 Å². The summed E-state index contributed by atoms with van der Waals surface area (Å²) in [6, 6.07) is 0. The zero-order valence-corrected chi connectivity index (χ0v) is 9.16. The molecule has 0 radical (unpaired) electrons. The van der Waals surface area contributed by atoms with Crippen molar-refractivity contribution in [3.63, 3.8) is 0 Å². The highest BCUT2D eigenvalue weighted by Crippen LogP contribution is 2.39. The van der Waals surface area contributed by atoms with Gasteiger partial charge in [-0.05, 0) is 25.4 Å². The molecular weight excluding hydrogens is 266 g/mol. The fourth-order valence-electron chi connectivity index (χ4n) is 1.72. The van der Waals surface area contributed by atoms with Gasteiger partial charge in [0.15, 0.2) is 0 Å². The molecule has 0 bridgehead atoms. The normalized spacial score (nSPS) is 21.4. The molecule has 0 aromatic heterocycles. The smallest absolute Gasteiger partial charge is 0.355 e. The highest BCUT2D eigenvalue weighted by atomic mass is 19.4. The van der Waals surface area contributed by atoms with Crippen molar-refractivity contribution in [1.82, 2.24) is 10.6 Å². The Labute approximate surface area is 98.9 Å².